The number of carbonyl (C=O) groups is 1. The lowest BCUT2D eigenvalue weighted by Crippen LogP contribution is -2.30. The maximum atomic E-state index is 11.9. The standard InChI is InChI=1S/C16H20N2O3S/c19-9-11-21-10-4-8-17-16(20)18-14-6-2-1-5-13(14)15-7-3-12-22-15/h1-3,5-7,12,19H,4,8-11H2,(H2,17,18,20). The highest BCUT2D eigenvalue weighted by molar-refractivity contribution is 7.13. The molecule has 0 radical (unpaired) electrons. The zero-order valence-corrected chi connectivity index (χ0v) is 13.1. The lowest BCUT2D eigenvalue weighted by Gasteiger charge is -2.11. The number of hydrogen-bond donors (Lipinski definition) is 3. The van der Waals surface area contributed by atoms with Gasteiger partial charge >= 0.3 is 6.03 Å². The van der Waals surface area contributed by atoms with E-state index in [0.29, 0.717) is 26.2 Å². The molecule has 2 aromatic rings. The van der Waals surface area contributed by atoms with Crippen LogP contribution in [0.25, 0.3) is 10.4 Å². The first kappa shape index (κ1) is 16.5. The predicted octanol–water partition coefficient (Wildman–Crippen LogP) is 2.94. The molecule has 0 aliphatic heterocycles. The van der Waals surface area contributed by atoms with Gasteiger partial charge in [-0.25, -0.2) is 4.79 Å². The van der Waals surface area contributed by atoms with Gasteiger partial charge in [0.25, 0.3) is 0 Å². The van der Waals surface area contributed by atoms with E-state index in [9.17, 15) is 4.79 Å². The number of hydrogen-bond acceptors (Lipinski definition) is 4. The van der Waals surface area contributed by atoms with Crippen molar-refractivity contribution in [3.63, 3.8) is 0 Å². The quantitative estimate of drug-likeness (QED) is 0.655. The average Bonchev–Trinajstić information content (AvgIpc) is 3.05. The van der Waals surface area contributed by atoms with E-state index in [1.54, 1.807) is 11.3 Å². The van der Waals surface area contributed by atoms with Crippen LogP contribution in [0.15, 0.2) is 41.8 Å². The topological polar surface area (TPSA) is 70.6 Å². The Morgan fingerprint density at radius 3 is 2.82 bits per heavy atom. The number of anilines is 1. The van der Waals surface area contributed by atoms with E-state index >= 15 is 0 Å². The average molecular weight is 320 g/mol. The molecule has 2 amide bonds. The van der Waals surface area contributed by atoms with Crippen LogP contribution in [-0.2, 0) is 4.74 Å². The molecule has 0 fully saturated rings. The summed E-state index contributed by atoms with van der Waals surface area (Å²) in [6.45, 7) is 1.40. The zero-order chi connectivity index (χ0) is 15.6. The molecular weight excluding hydrogens is 300 g/mol. The normalized spacial score (nSPS) is 10.4. The first-order valence-electron chi connectivity index (χ1n) is 7.17. The second kappa shape index (κ2) is 9.19. The molecule has 0 unspecified atom stereocenters. The van der Waals surface area contributed by atoms with Gasteiger partial charge in [0.2, 0.25) is 0 Å². The van der Waals surface area contributed by atoms with Crippen LogP contribution >= 0.6 is 11.3 Å². The molecular formula is C16H20N2O3S. The van der Waals surface area contributed by atoms with E-state index in [1.807, 2.05) is 41.8 Å². The molecule has 0 saturated heterocycles. The van der Waals surface area contributed by atoms with Crippen molar-refractivity contribution in [1.82, 2.24) is 5.32 Å². The van der Waals surface area contributed by atoms with Crippen LogP contribution in [0.5, 0.6) is 0 Å². The minimum Gasteiger partial charge on any atom is -0.394 e. The fourth-order valence-corrected chi connectivity index (χ4v) is 2.71. The summed E-state index contributed by atoms with van der Waals surface area (Å²) in [5.41, 5.74) is 1.80. The monoisotopic (exact) mass is 320 g/mol. The molecule has 2 rings (SSSR count). The predicted molar refractivity (Wildman–Crippen MR) is 89.3 cm³/mol. The maximum Gasteiger partial charge on any atom is 0.319 e. The number of aliphatic hydroxyl groups is 1. The van der Waals surface area contributed by atoms with Gasteiger partial charge in [-0.15, -0.1) is 11.3 Å². The Hall–Kier alpha value is -1.89. The number of thiophene rings is 1. The third kappa shape index (κ3) is 5.14. The second-order valence-electron chi connectivity index (χ2n) is 4.59. The van der Waals surface area contributed by atoms with E-state index in [4.69, 9.17) is 9.84 Å². The molecule has 3 N–H and O–H groups in total. The lowest BCUT2D eigenvalue weighted by molar-refractivity contribution is 0.0910. The molecule has 118 valence electrons. The van der Waals surface area contributed by atoms with E-state index in [2.05, 4.69) is 10.6 Å². The highest BCUT2D eigenvalue weighted by atomic mass is 32.1. The fourth-order valence-electron chi connectivity index (χ4n) is 1.95. The summed E-state index contributed by atoms with van der Waals surface area (Å²) in [4.78, 5) is 13.0. The third-order valence-electron chi connectivity index (χ3n) is 2.95. The van der Waals surface area contributed by atoms with Gasteiger partial charge in [0.15, 0.2) is 0 Å². The van der Waals surface area contributed by atoms with Crippen molar-refractivity contribution in [1.29, 1.82) is 0 Å². The van der Waals surface area contributed by atoms with Gasteiger partial charge < -0.3 is 20.5 Å². The maximum absolute atomic E-state index is 11.9. The molecule has 0 saturated carbocycles. The number of urea groups is 1. The summed E-state index contributed by atoms with van der Waals surface area (Å²) in [7, 11) is 0. The number of rotatable bonds is 8. The summed E-state index contributed by atoms with van der Waals surface area (Å²) < 4.78 is 5.13. The summed E-state index contributed by atoms with van der Waals surface area (Å²) >= 11 is 1.64. The van der Waals surface area contributed by atoms with Gasteiger partial charge in [-0.3, -0.25) is 0 Å². The van der Waals surface area contributed by atoms with Crippen LogP contribution in [0.1, 0.15) is 6.42 Å². The number of ether oxygens (including phenoxy) is 1. The molecule has 1 aromatic carbocycles. The Morgan fingerprint density at radius 2 is 2.05 bits per heavy atom. The molecule has 5 nitrogen and oxygen atoms in total. The molecule has 22 heavy (non-hydrogen) atoms. The van der Waals surface area contributed by atoms with Crippen molar-refractivity contribution in [2.24, 2.45) is 0 Å². The van der Waals surface area contributed by atoms with Crippen LogP contribution in [0, 0.1) is 0 Å². The van der Waals surface area contributed by atoms with Crippen molar-refractivity contribution in [3.8, 4) is 10.4 Å². The first-order chi connectivity index (χ1) is 10.8. The van der Waals surface area contributed by atoms with E-state index in [0.717, 1.165) is 16.1 Å². The van der Waals surface area contributed by atoms with E-state index < -0.39 is 0 Å². The highest BCUT2D eigenvalue weighted by Gasteiger charge is 2.08. The Labute approximate surface area is 133 Å². The van der Waals surface area contributed by atoms with Gasteiger partial charge in [-0.1, -0.05) is 24.3 Å². The van der Waals surface area contributed by atoms with Gasteiger partial charge in [0, 0.05) is 23.6 Å². The smallest absolute Gasteiger partial charge is 0.319 e. The Morgan fingerprint density at radius 1 is 1.18 bits per heavy atom. The third-order valence-corrected chi connectivity index (χ3v) is 3.85. The van der Waals surface area contributed by atoms with Crippen LogP contribution in [-0.4, -0.2) is 37.5 Å². The second-order valence-corrected chi connectivity index (χ2v) is 5.54. The summed E-state index contributed by atoms with van der Waals surface area (Å²) in [5, 5.41) is 16.3. The Balaban J connectivity index is 1.82. The van der Waals surface area contributed by atoms with E-state index in [1.165, 1.54) is 0 Å². The number of para-hydroxylation sites is 1. The highest BCUT2D eigenvalue weighted by Crippen LogP contribution is 2.31. The zero-order valence-electron chi connectivity index (χ0n) is 12.2. The molecule has 1 heterocycles. The molecule has 0 aliphatic carbocycles. The Kier molecular flexibility index (Phi) is 6.89. The van der Waals surface area contributed by atoms with Crippen molar-refractivity contribution < 1.29 is 14.6 Å². The van der Waals surface area contributed by atoms with Crippen molar-refractivity contribution in [2.45, 2.75) is 6.42 Å². The molecule has 0 spiro atoms. The molecule has 1 aromatic heterocycles. The number of benzene rings is 1. The molecule has 0 bridgehead atoms. The van der Waals surface area contributed by atoms with Gasteiger partial charge in [-0.05, 0) is 23.9 Å². The van der Waals surface area contributed by atoms with E-state index in [-0.39, 0.29) is 12.6 Å². The molecule has 0 atom stereocenters. The van der Waals surface area contributed by atoms with Crippen molar-refractivity contribution in [3.05, 3.63) is 41.8 Å². The van der Waals surface area contributed by atoms with Crippen LogP contribution in [0.4, 0.5) is 10.5 Å². The minimum absolute atomic E-state index is 0.0212. The number of nitrogens with one attached hydrogen (secondary N) is 2. The van der Waals surface area contributed by atoms with Crippen molar-refractivity contribution >= 4 is 23.1 Å². The van der Waals surface area contributed by atoms with Crippen LogP contribution in [0.3, 0.4) is 0 Å². The van der Waals surface area contributed by atoms with Crippen LogP contribution in [0.2, 0.25) is 0 Å². The number of aliphatic hydroxyl groups excluding tert-OH is 1. The SMILES string of the molecule is O=C(NCCCOCCO)Nc1ccccc1-c1cccs1. The summed E-state index contributed by atoms with van der Waals surface area (Å²) in [5.74, 6) is 0. The minimum atomic E-state index is -0.230. The van der Waals surface area contributed by atoms with Gasteiger partial charge in [0.05, 0.1) is 18.9 Å². The summed E-state index contributed by atoms with van der Waals surface area (Å²) in [6.07, 6.45) is 0.708. The van der Waals surface area contributed by atoms with Crippen molar-refractivity contribution in [2.75, 3.05) is 31.7 Å². The van der Waals surface area contributed by atoms with Gasteiger partial charge in [0.1, 0.15) is 0 Å². The largest absolute Gasteiger partial charge is 0.394 e. The fraction of sp³-hybridized carbons (Fsp3) is 0.312. The molecule has 0 aliphatic rings. The van der Waals surface area contributed by atoms with Crippen LogP contribution < -0.4 is 10.6 Å². The summed E-state index contributed by atoms with van der Waals surface area (Å²) in [6, 6.07) is 11.5. The first-order valence-corrected chi connectivity index (χ1v) is 8.05. The lowest BCUT2D eigenvalue weighted by atomic mass is 10.1. The molecule has 6 heteroatoms. The number of carbonyl (C=O) groups excluding carboxylic acids is 1. The number of amides is 2. The van der Waals surface area contributed by atoms with Gasteiger partial charge in [-0.2, -0.15) is 0 Å². The Bertz CT molecular complexity index is 573.